The Kier molecular flexibility index (Phi) is 3.64. The SMILES string of the molecule is Cc1ccc(C)c(C(C)CCN)c1F. The summed E-state index contributed by atoms with van der Waals surface area (Å²) in [5.41, 5.74) is 8.05. The molecule has 0 fully saturated rings. The Morgan fingerprint density at radius 2 is 1.86 bits per heavy atom. The van der Waals surface area contributed by atoms with Crippen LogP contribution in [0.25, 0.3) is 0 Å². The summed E-state index contributed by atoms with van der Waals surface area (Å²) < 4.78 is 13.8. The van der Waals surface area contributed by atoms with E-state index in [9.17, 15) is 4.39 Å². The highest BCUT2D eigenvalue weighted by Gasteiger charge is 2.14. The van der Waals surface area contributed by atoms with Crippen LogP contribution in [0.15, 0.2) is 12.1 Å². The molecular weight excluding hydrogens is 177 g/mol. The van der Waals surface area contributed by atoms with Crippen LogP contribution in [0.5, 0.6) is 0 Å². The lowest BCUT2D eigenvalue weighted by atomic mass is 9.91. The van der Waals surface area contributed by atoms with Crippen LogP contribution in [-0.2, 0) is 0 Å². The average molecular weight is 195 g/mol. The third kappa shape index (κ3) is 2.13. The zero-order chi connectivity index (χ0) is 10.7. The van der Waals surface area contributed by atoms with Crippen LogP contribution in [-0.4, -0.2) is 6.54 Å². The summed E-state index contributed by atoms with van der Waals surface area (Å²) >= 11 is 0. The van der Waals surface area contributed by atoms with Crippen LogP contribution in [0, 0.1) is 19.7 Å². The quantitative estimate of drug-likeness (QED) is 0.788. The highest BCUT2D eigenvalue weighted by molar-refractivity contribution is 5.34. The van der Waals surface area contributed by atoms with E-state index in [1.165, 1.54) is 0 Å². The summed E-state index contributed by atoms with van der Waals surface area (Å²) in [6, 6.07) is 3.80. The van der Waals surface area contributed by atoms with Gasteiger partial charge in [-0.15, -0.1) is 0 Å². The lowest BCUT2D eigenvalue weighted by Gasteiger charge is -2.16. The molecule has 0 bridgehead atoms. The first kappa shape index (κ1) is 11.2. The van der Waals surface area contributed by atoms with Gasteiger partial charge in [0.1, 0.15) is 5.82 Å². The maximum absolute atomic E-state index is 13.8. The standard InChI is InChI=1S/C12H18FN/c1-8-4-5-10(3)12(13)11(8)9(2)6-7-14/h4-5,9H,6-7,14H2,1-3H3. The van der Waals surface area contributed by atoms with Crippen LogP contribution in [0.1, 0.15) is 36.0 Å². The van der Waals surface area contributed by atoms with Gasteiger partial charge in [-0.2, -0.15) is 0 Å². The minimum absolute atomic E-state index is 0.0639. The molecule has 0 aliphatic heterocycles. The van der Waals surface area contributed by atoms with Crippen molar-refractivity contribution in [3.63, 3.8) is 0 Å². The average Bonchev–Trinajstić information content (AvgIpc) is 2.13. The van der Waals surface area contributed by atoms with Crippen LogP contribution in [0.3, 0.4) is 0 Å². The summed E-state index contributed by atoms with van der Waals surface area (Å²) in [5.74, 6) is 0.144. The second kappa shape index (κ2) is 4.56. The number of aryl methyl sites for hydroxylation is 2. The van der Waals surface area contributed by atoms with Crippen LogP contribution in [0.4, 0.5) is 4.39 Å². The van der Waals surface area contributed by atoms with Crippen molar-refractivity contribution in [2.45, 2.75) is 33.1 Å². The molecular formula is C12H18FN. The van der Waals surface area contributed by atoms with E-state index >= 15 is 0 Å². The van der Waals surface area contributed by atoms with Gasteiger partial charge in [0.15, 0.2) is 0 Å². The van der Waals surface area contributed by atoms with Crippen molar-refractivity contribution in [1.29, 1.82) is 0 Å². The Bertz CT molecular complexity index is 320. The zero-order valence-corrected chi connectivity index (χ0v) is 9.10. The van der Waals surface area contributed by atoms with Crippen LogP contribution in [0.2, 0.25) is 0 Å². The highest BCUT2D eigenvalue weighted by Crippen LogP contribution is 2.26. The molecule has 1 nitrogen and oxygen atoms in total. The summed E-state index contributed by atoms with van der Waals surface area (Å²) in [6.45, 7) is 6.38. The van der Waals surface area contributed by atoms with Crippen molar-refractivity contribution < 1.29 is 4.39 Å². The van der Waals surface area contributed by atoms with Crippen molar-refractivity contribution in [2.24, 2.45) is 5.73 Å². The number of rotatable bonds is 3. The summed E-state index contributed by atoms with van der Waals surface area (Å²) in [6.07, 6.45) is 0.835. The highest BCUT2D eigenvalue weighted by atomic mass is 19.1. The minimum atomic E-state index is -0.0639. The van der Waals surface area contributed by atoms with Gasteiger partial charge in [0.25, 0.3) is 0 Å². The van der Waals surface area contributed by atoms with Gasteiger partial charge in [0.05, 0.1) is 0 Å². The molecule has 0 aliphatic carbocycles. The first-order valence-electron chi connectivity index (χ1n) is 5.03. The number of hydrogen-bond donors (Lipinski definition) is 1. The normalized spacial score (nSPS) is 12.9. The largest absolute Gasteiger partial charge is 0.330 e. The number of nitrogens with two attached hydrogens (primary N) is 1. The van der Waals surface area contributed by atoms with Gasteiger partial charge >= 0.3 is 0 Å². The molecule has 0 amide bonds. The lowest BCUT2D eigenvalue weighted by molar-refractivity contribution is 0.567. The van der Waals surface area contributed by atoms with Crippen molar-refractivity contribution in [2.75, 3.05) is 6.54 Å². The number of hydrogen-bond acceptors (Lipinski definition) is 1. The topological polar surface area (TPSA) is 26.0 Å². The molecule has 78 valence electrons. The molecule has 0 saturated carbocycles. The first-order chi connectivity index (χ1) is 6.57. The monoisotopic (exact) mass is 195 g/mol. The van der Waals surface area contributed by atoms with E-state index in [1.54, 1.807) is 6.92 Å². The summed E-state index contributed by atoms with van der Waals surface area (Å²) in [4.78, 5) is 0. The van der Waals surface area contributed by atoms with Crippen molar-refractivity contribution in [1.82, 2.24) is 0 Å². The Balaban J connectivity index is 3.11. The molecule has 0 radical (unpaired) electrons. The molecule has 1 rings (SSSR count). The van der Waals surface area contributed by atoms with Crippen molar-refractivity contribution >= 4 is 0 Å². The Hall–Kier alpha value is -0.890. The predicted octanol–water partition coefficient (Wildman–Crippen LogP) is 2.89. The van der Waals surface area contributed by atoms with E-state index in [2.05, 4.69) is 0 Å². The fraction of sp³-hybridized carbons (Fsp3) is 0.500. The van der Waals surface area contributed by atoms with E-state index in [1.807, 2.05) is 26.0 Å². The minimum Gasteiger partial charge on any atom is -0.330 e. The van der Waals surface area contributed by atoms with E-state index in [0.29, 0.717) is 6.54 Å². The van der Waals surface area contributed by atoms with Gasteiger partial charge in [-0.25, -0.2) is 4.39 Å². The molecule has 1 aromatic rings. The van der Waals surface area contributed by atoms with Gasteiger partial charge in [0, 0.05) is 0 Å². The molecule has 0 heterocycles. The Labute approximate surface area is 85.1 Å². The molecule has 0 aromatic heterocycles. The molecule has 1 unspecified atom stereocenters. The van der Waals surface area contributed by atoms with Gasteiger partial charge in [-0.05, 0) is 49.4 Å². The van der Waals surface area contributed by atoms with Gasteiger partial charge in [0.2, 0.25) is 0 Å². The molecule has 1 aromatic carbocycles. The molecule has 0 saturated heterocycles. The van der Waals surface area contributed by atoms with E-state index in [0.717, 1.165) is 23.1 Å². The van der Waals surface area contributed by atoms with Crippen LogP contribution < -0.4 is 5.73 Å². The van der Waals surface area contributed by atoms with Crippen molar-refractivity contribution in [3.8, 4) is 0 Å². The molecule has 0 spiro atoms. The fourth-order valence-corrected chi connectivity index (χ4v) is 1.80. The molecule has 14 heavy (non-hydrogen) atoms. The fourth-order valence-electron chi connectivity index (χ4n) is 1.80. The van der Waals surface area contributed by atoms with Gasteiger partial charge < -0.3 is 5.73 Å². The third-order valence-electron chi connectivity index (χ3n) is 2.68. The van der Waals surface area contributed by atoms with Crippen molar-refractivity contribution in [3.05, 3.63) is 34.6 Å². The van der Waals surface area contributed by atoms with Gasteiger partial charge in [-0.3, -0.25) is 0 Å². The lowest BCUT2D eigenvalue weighted by Crippen LogP contribution is -2.08. The number of halogens is 1. The summed E-state index contributed by atoms with van der Waals surface area (Å²) in [7, 11) is 0. The second-order valence-corrected chi connectivity index (χ2v) is 3.91. The molecule has 2 N–H and O–H groups in total. The first-order valence-corrected chi connectivity index (χ1v) is 5.03. The summed E-state index contributed by atoms with van der Waals surface area (Å²) in [5, 5.41) is 0. The van der Waals surface area contributed by atoms with E-state index in [4.69, 9.17) is 5.73 Å². The van der Waals surface area contributed by atoms with E-state index in [-0.39, 0.29) is 11.7 Å². The second-order valence-electron chi connectivity index (χ2n) is 3.91. The van der Waals surface area contributed by atoms with Crippen LogP contribution >= 0.6 is 0 Å². The maximum Gasteiger partial charge on any atom is 0.129 e. The maximum atomic E-state index is 13.8. The Morgan fingerprint density at radius 1 is 1.29 bits per heavy atom. The predicted molar refractivity (Wildman–Crippen MR) is 58.0 cm³/mol. The molecule has 0 aliphatic rings. The third-order valence-corrected chi connectivity index (χ3v) is 2.68. The molecule has 2 heteroatoms. The zero-order valence-electron chi connectivity index (χ0n) is 9.10. The smallest absolute Gasteiger partial charge is 0.129 e. The Morgan fingerprint density at radius 3 is 2.43 bits per heavy atom. The number of benzene rings is 1. The molecule has 1 atom stereocenters. The van der Waals surface area contributed by atoms with Gasteiger partial charge in [-0.1, -0.05) is 19.1 Å². The van der Waals surface area contributed by atoms with E-state index < -0.39 is 0 Å².